The molecule has 1 aliphatic rings. The van der Waals surface area contributed by atoms with Crippen LogP contribution in [0.1, 0.15) is 0 Å². The second kappa shape index (κ2) is 5.84. The number of hydrogen-bond donors (Lipinski definition) is 1. The van der Waals surface area contributed by atoms with E-state index in [-0.39, 0.29) is 22.6 Å². The average Bonchev–Trinajstić information content (AvgIpc) is 2.74. The van der Waals surface area contributed by atoms with E-state index in [0.29, 0.717) is 18.0 Å². The lowest BCUT2D eigenvalue weighted by molar-refractivity contribution is -0.116. The summed E-state index contributed by atoms with van der Waals surface area (Å²) in [6.45, 7) is 0.537. The lowest BCUT2D eigenvalue weighted by Gasteiger charge is -2.14. The minimum atomic E-state index is -3.31. The number of amides is 2. The summed E-state index contributed by atoms with van der Waals surface area (Å²) in [5, 5.41) is 2.49. The maximum atomic E-state index is 11.8. The van der Waals surface area contributed by atoms with Gasteiger partial charge in [-0.3, -0.25) is 9.59 Å². The number of sulfone groups is 1. The molecule has 0 atom stereocenters. The molecule has 0 unspecified atom stereocenters. The number of benzene rings is 1. The molecular formula is C12H14N2O4S2. The van der Waals surface area contributed by atoms with Gasteiger partial charge in [-0.05, 0) is 18.2 Å². The van der Waals surface area contributed by atoms with E-state index in [1.54, 1.807) is 12.1 Å². The summed E-state index contributed by atoms with van der Waals surface area (Å²) >= 11 is 1.19. The molecule has 0 saturated carbocycles. The Bertz CT molecular complexity index is 643. The smallest absolute Gasteiger partial charge is 0.282 e. The van der Waals surface area contributed by atoms with Crippen LogP contribution >= 0.6 is 11.8 Å². The number of hydrogen-bond acceptors (Lipinski definition) is 5. The first-order valence-electron chi connectivity index (χ1n) is 5.88. The Balaban J connectivity index is 2.03. The minimum absolute atomic E-state index is 0.0189. The third-order valence-electron chi connectivity index (χ3n) is 2.73. The molecule has 2 amide bonds. The van der Waals surface area contributed by atoms with E-state index in [1.807, 2.05) is 0 Å². The van der Waals surface area contributed by atoms with Gasteiger partial charge in [-0.2, -0.15) is 0 Å². The highest BCUT2D eigenvalue weighted by atomic mass is 32.2. The van der Waals surface area contributed by atoms with E-state index >= 15 is 0 Å². The summed E-state index contributed by atoms with van der Waals surface area (Å²) in [5.41, 5.74) is 0.400. The zero-order valence-corrected chi connectivity index (χ0v) is 12.5. The van der Waals surface area contributed by atoms with Gasteiger partial charge < -0.3 is 10.2 Å². The molecule has 1 aliphatic heterocycles. The molecule has 2 rings (SSSR count). The van der Waals surface area contributed by atoms with Crippen LogP contribution in [0.3, 0.4) is 0 Å². The van der Waals surface area contributed by atoms with Crippen LogP contribution < -0.4 is 5.32 Å². The number of nitrogens with zero attached hydrogens (tertiary/aromatic N) is 1. The van der Waals surface area contributed by atoms with Gasteiger partial charge in [0.05, 0.1) is 4.90 Å². The Morgan fingerprint density at radius 2 is 2.20 bits per heavy atom. The second-order valence-corrected chi connectivity index (χ2v) is 7.45. The predicted octanol–water partition coefficient (Wildman–Crippen LogP) is 1.20. The maximum Gasteiger partial charge on any atom is 0.282 e. The summed E-state index contributed by atoms with van der Waals surface area (Å²) in [7, 11) is -3.31. The lowest BCUT2D eigenvalue weighted by Crippen LogP contribution is -2.33. The Morgan fingerprint density at radius 1 is 1.45 bits per heavy atom. The quantitative estimate of drug-likeness (QED) is 0.903. The van der Waals surface area contributed by atoms with Gasteiger partial charge in [0.15, 0.2) is 9.84 Å². The van der Waals surface area contributed by atoms with Crippen molar-refractivity contribution in [3.05, 3.63) is 24.3 Å². The van der Waals surface area contributed by atoms with Crippen LogP contribution in [-0.2, 0) is 14.6 Å². The third kappa shape index (κ3) is 3.73. The first-order valence-corrected chi connectivity index (χ1v) is 8.75. The fraction of sp³-hybridized carbons (Fsp3) is 0.333. The molecule has 1 saturated heterocycles. The standard InChI is InChI=1S/C12H14N2O4S2/c1-20(17,18)10-4-2-3-9(7-10)13-11(15)8-14-5-6-19-12(14)16/h2-4,7H,5-6,8H2,1H3,(H,13,15). The summed E-state index contributed by atoms with van der Waals surface area (Å²) in [6.07, 6.45) is 1.11. The highest BCUT2D eigenvalue weighted by Crippen LogP contribution is 2.18. The van der Waals surface area contributed by atoms with Gasteiger partial charge in [-0.1, -0.05) is 17.8 Å². The largest absolute Gasteiger partial charge is 0.325 e. The molecular weight excluding hydrogens is 300 g/mol. The van der Waals surface area contributed by atoms with Crippen LogP contribution in [0, 0.1) is 0 Å². The van der Waals surface area contributed by atoms with Crippen molar-refractivity contribution >= 4 is 38.4 Å². The van der Waals surface area contributed by atoms with Crippen LogP contribution in [0.5, 0.6) is 0 Å². The summed E-state index contributed by atoms with van der Waals surface area (Å²) in [4.78, 5) is 24.8. The molecule has 0 radical (unpaired) electrons. The zero-order chi connectivity index (χ0) is 14.8. The van der Waals surface area contributed by atoms with Crippen molar-refractivity contribution in [1.82, 2.24) is 4.90 Å². The van der Waals surface area contributed by atoms with Crippen molar-refractivity contribution < 1.29 is 18.0 Å². The molecule has 1 aromatic rings. The van der Waals surface area contributed by atoms with Gasteiger partial charge >= 0.3 is 0 Å². The molecule has 6 nitrogen and oxygen atoms in total. The number of rotatable bonds is 4. The van der Waals surface area contributed by atoms with Crippen molar-refractivity contribution in [1.29, 1.82) is 0 Å². The minimum Gasteiger partial charge on any atom is -0.325 e. The Kier molecular flexibility index (Phi) is 4.34. The lowest BCUT2D eigenvalue weighted by atomic mass is 10.3. The SMILES string of the molecule is CS(=O)(=O)c1cccc(NC(=O)CN2CCSC2=O)c1. The van der Waals surface area contributed by atoms with Crippen molar-refractivity contribution in [2.24, 2.45) is 0 Å². The molecule has 0 spiro atoms. The highest BCUT2D eigenvalue weighted by Gasteiger charge is 2.23. The fourth-order valence-electron chi connectivity index (χ4n) is 1.75. The number of carbonyl (C=O) groups is 2. The molecule has 0 bridgehead atoms. The number of thioether (sulfide) groups is 1. The van der Waals surface area contributed by atoms with Crippen molar-refractivity contribution in [3.63, 3.8) is 0 Å². The van der Waals surface area contributed by atoms with Crippen LogP contribution in [0.15, 0.2) is 29.2 Å². The molecule has 0 aliphatic carbocycles. The Labute approximate surface area is 121 Å². The van der Waals surface area contributed by atoms with E-state index in [2.05, 4.69) is 5.32 Å². The van der Waals surface area contributed by atoms with Crippen molar-refractivity contribution in [2.45, 2.75) is 4.90 Å². The number of carbonyl (C=O) groups excluding carboxylic acids is 2. The number of anilines is 1. The van der Waals surface area contributed by atoms with Gasteiger partial charge in [0.2, 0.25) is 5.91 Å². The van der Waals surface area contributed by atoms with E-state index in [4.69, 9.17) is 0 Å². The third-order valence-corrected chi connectivity index (χ3v) is 4.73. The zero-order valence-electron chi connectivity index (χ0n) is 10.8. The molecule has 0 aromatic heterocycles. The van der Waals surface area contributed by atoms with Gasteiger partial charge in [0.1, 0.15) is 6.54 Å². The highest BCUT2D eigenvalue weighted by molar-refractivity contribution is 8.13. The van der Waals surface area contributed by atoms with Crippen molar-refractivity contribution in [3.8, 4) is 0 Å². The first-order chi connectivity index (χ1) is 9.36. The van der Waals surface area contributed by atoms with E-state index < -0.39 is 9.84 Å². The Morgan fingerprint density at radius 3 is 2.80 bits per heavy atom. The molecule has 1 aromatic carbocycles. The van der Waals surface area contributed by atoms with Gasteiger partial charge in [-0.15, -0.1) is 0 Å². The van der Waals surface area contributed by atoms with E-state index in [0.717, 1.165) is 6.26 Å². The van der Waals surface area contributed by atoms with E-state index in [1.165, 1.54) is 28.8 Å². The molecule has 1 N–H and O–H groups in total. The average molecular weight is 314 g/mol. The van der Waals surface area contributed by atoms with Gasteiger partial charge in [0.25, 0.3) is 5.24 Å². The predicted molar refractivity (Wildman–Crippen MR) is 77.6 cm³/mol. The van der Waals surface area contributed by atoms with E-state index in [9.17, 15) is 18.0 Å². The molecule has 8 heteroatoms. The van der Waals surface area contributed by atoms with Gasteiger partial charge in [-0.25, -0.2) is 8.42 Å². The summed E-state index contributed by atoms with van der Waals surface area (Å²) in [5.74, 6) is 0.349. The molecule has 20 heavy (non-hydrogen) atoms. The normalized spacial score (nSPS) is 15.4. The molecule has 1 heterocycles. The molecule has 108 valence electrons. The van der Waals surface area contributed by atoms with Crippen molar-refractivity contribution in [2.75, 3.05) is 30.4 Å². The van der Waals surface area contributed by atoms with Gasteiger partial charge in [0, 0.05) is 24.2 Å². The fourth-order valence-corrected chi connectivity index (χ4v) is 3.24. The maximum absolute atomic E-state index is 11.8. The second-order valence-electron chi connectivity index (χ2n) is 4.38. The topological polar surface area (TPSA) is 83.6 Å². The summed E-state index contributed by atoms with van der Waals surface area (Å²) in [6, 6.07) is 6.02. The van der Waals surface area contributed by atoms with Crippen LogP contribution in [0.4, 0.5) is 10.5 Å². The summed E-state index contributed by atoms with van der Waals surface area (Å²) < 4.78 is 22.8. The number of nitrogens with one attached hydrogen (secondary N) is 1. The van der Waals surface area contributed by atoms with Crippen LogP contribution in [0.2, 0.25) is 0 Å². The van der Waals surface area contributed by atoms with Crippen LogP contribution in [-0.4, -0.2) is 49.6 Å². The molecule has 1 fully saturated rings. The monoisotopic (exact) mass is 314 g/mol. The first kappa shape index (κ1) is 14.9. The Hall–Kier alpha value is -1.54. The van der Waals surface area contributed by atoms with Crippen LogP contribution in [0.25, 0.3) is 0 Å².